The molecule has 1 saturated carbocycles. The molecular formula is C17H21N9OS. The number of nitrogen functional groups attached to an aromatic ring is 1. The van der Waals surface area contributed by atoms with Gasteiger partial charge in [-0.05, 0) is 35.4 Å². The number of aromatic nitrogens is 7. The van der Waals surface area contributed by atoms with Gasteiger partial charge >= 0.3 is 0 Å². The van der Waals surface area contributed by atoms with Crippen molar-refractivity contribution >= 4 is 29.3 Å². The maximum absolute atomic E-state index is 5.87. The van der Waals surface area contributed by atoms with Gasteiger partial charge in [0.1, 0.15) is 11.6 Å². The highest BCUT2D eigenvalue weighted by atomic mass is 32.2. The summed E-state index contributed by atoms with van der Waals surface area (Å²) in [5.41, 5.74) is 6.62. The van der Waals surface area contributed by atoms with Gasteiger partial charge in [-0.3, -0.25) is 0 Å². The van der Waals surface area contributed by atoms with Gasteiger partial charge in [-0.1, -0.05) is 36.7 Å². The van der Waals surface area contributed by atoms with E-state index in [1.807, 2.05) is 28.9 Å². The molecule has 0 unspecified atom stereocenters. The van der Waals surface area contributed by atoms with Crippen LogP contribution < -0.4 is 15.8 Å². The lowest BCUT2D eigenvalue weighted by Gasteiger charge is -2.11. The highest BCUT2D eigenvalue weighted by molar-refractivity contribution is 7.98. The van der Waals surface area contributed by atoms with Crippen LogP contribution in [0.5, 0.6) is 5.75 Å². The van der Waals surface area contributed by atoms with Gasteiger partial charge in [-0.2, -0.15) is 15.0 Å². The van der Waals surface area contributed by atoms with Crippen LogP contribution in [-0.2, 0) is 5.75 Å². The Balaban J connectivity index is 1.48. The molecule has 10 nitrogen and oxygen atoms in total. The van der Waals surface area contributed by atoms with Crippen molar-refractivity contribution in [1.29, 1.82) is 0 Å². The van der Waals surface area contributed by atoms with E-state index in [4.69, 9.17) is 10.5 Å². The minimum absolute atomic E-state index is 0.151. The quantitative estimate of drug-likeness (QED) is 0.572. The van der Waals surface area contributed by atoms with E-state index >= 15 is 0 Å². The molecule has 0 aliphatic heterocycles. The predicted molar refractivity (Wildman–Crippen MR) is 105 cm³/mol. The molecule has 28 heavy (non-hydrogen) atoms. The molecule has 0 bridgehead atoms. The van der Waals surface area contributed by atoms with Gasteiger partial charge in [0.05, 0.1) is 24.6 Å². The maximum Gasteiger partial charge on any atom is 0.232 e. The van der Waals surface area contributed by atoms with E-state index in [1.54, 1.807) is 7.11 Å². The first kappa shape index (κ1) is 18.4. The number of para-hydroxylation sites is 2. The number of nitrogens with zero attached hydrogens (tertiary/aromatic N) is 7. The Morgan fingerprint density at radius 3 is 2.86 bits per heavy atom. The third-order valence-electron chi connectivity index (χ3n) is 4.52. The van der Waals surface area contributed by atoms with Crippen molar-refractivity contribution in [2.45, 2.75) is 42.6 Å². The van der Waals surface area contributed by atoms with E-state index in [0.717, 1.165) is 23.7 Å². The summed E-state index contributed by atoms with van der Waals surface area (Å²) >= 11 is 1.49. The summed E-state index contributed by atoms with van der Waals surface area (Å²) in [5.74, 6) is 2.24. The zero-order chi connectivity index (χ0) is 19.3. The number of rotatable bonds is 7. The smallest absolute Gasteiger partial charge is 0.232 e. The first-order valence-electron chi connectivity index (χ1n) is 9.04. The van der Waals surface area contributed by atoms with Gasteiger partial charge in [-0.15, -0.1) is 5.10 Å². The summed E-state index contributed by atoms with van der Waals surface area (Å²) < 4.78 is 7.26. The van der Waals surface area contributed by atoms with Crippen LogP contribution >= 0.6 is 11.8 Å². The van der Waals surface area contributed by atoms with Gasteiger partial charge in [0, 0.05) is 0 Å². The molecule has 1 aromatic carbocycles. The largest absolute Gasteiger partial charge is 0.495 e. The van der Waals surface area contributed by atoms with E-state index in [9.17, 15) is 0 Å². The highest BCUT2D eigenvalue weighted by Crippen LogP contribution is 2.32. The van der Waals surface area contributed by atoms with Crippen LogP contribution in [0.2, 0.25) is 0 Å². The number of nitrogens with two attached hydrogens (primary N) is 1. The van der Waals surface area contributed by atoms with Gasteiger partial charge in [0.2, 0.25) is 17.1 Å². The number of hydrogen-bond acceptors (Lipinski definition) is 10. The Labute approximate surface area is 166 Å². The standard InChI is InChI=1S/C17H21N9OS/c1-27-13-9-5-4-8-12(13)19-16-21-14(20-15(18)22-16)10-28-17-23-24-25-26(17)11-6-2-3-7-11/h4-5,8-9,11H,2-3,6-7,10H2,1H3,(H3,18,19,20,21,22). The SMILES string of the molecule is COc1ccccc1Nc1nc(N)nc(CSc2nnnn2C2CCCC2)n1. The van der Waals surface area contributed by atoms with E-state index < -0.39 is 0 Å². The zero-order valence-electron chi connectivity index (χ0n) is 15.4. The fourth-order valence-corrected chi connectivity index (χ4v) is 4.01. The lowest BCUT2D eigenvalue weighted by molar-refractivity contribution is 0.417. The minimum Gasteiger partial charge on any atom is -0.495 e. The van der Waals surface area contributed by atoms with Crippen LogP contribution in [0.1, 0.15) is 37.5 Å². The lowest BCUT2D eigenvalue weighted by Crippen LogP contribution is -2.09. The number of tetrazole rings is 1. The number of nitrogens with one attached hydrogen (secondary N) is 1. The maximum atomic E-state index is 5.87. The van der Waals surface area contributed by atoms with Crippen molar-refractivity contribution < 1.29 is 4.74 Å². The minimum atomic E-state index is 0.151. The fourth-order valence-electron chi connectivity index (χ4n) is 3.21. The normalized spacial score (nSPS) is 14.3. The van der Waals surface area contributed by atoms with E-state index in [2.05, 4.69) is 35.8 Å². The first-order valence-corrected chi connectivity index (χ1v) is 10.0. The number of hydrogen-bond donors (Lipinski definition) is 2. The zero-order valence-corrected chi connectivity index (χ0v) is 16.3. The Morgan fingerprint density at radius 2 is 2.04 bits per heavy atom. The van der Waals surface area contributed by atoms with Crippen molar-refractivity contribution in [3.8, 4) is 5.75 Å². The van der Waals surface area contributed by atoms with E-state index in [-0.39, 0.29) is 5.95 Å². The summed E-state index contributed by atoms with van der Waals surface area (Å²) in [6.45, 7) is 0. The molecule has 146 valence electrons. The van der Waals surface area contributed by atoms with Crippen molar-refractivity contribution in [3.63, 3.8) is 0 Å². The highest BCUT2D eigenvalue weighted by Gasteiger charge is 2.22. The Hall–Kier alpha value is -2.95. The van der Waals surface area contributed by atoms with E-state index in [1.165, 1.54) is 24.6 Å². The van der Waals surface area contributed by atoms with Gasteiger partial charge in [0.25, 0.3) is 0 Å². The van der Waals surface area contributed by atoms with Crippen LogP contribution in [0.15, 0.2) is 29.4 Å². The number of methoxy groups -OCH3 is 1. The summed E-state index contributed by atoms with van der Waals surface area (Å²) in [4.78, 5) is 12.9. The van der Waals surface area contributed by atoms with Gasteiger partial charge in [-0.25, -0.2) is 4.68 Å². The Morgan fingerprint density at radius 1 is 1.21 bits per heavy atom. The lowest BCUT2D eigenvalue weighted by atomic mass is 10.3. The molecule has 1 aliphatic carbocycles. The average Bonchev–Trinajstić information content (AvgIpc) is 3.38. The number of thioether (sulfide) groups is 1. The molecule has 0 radical (unpaired) electrons. The Bertz CT molecular complexity index is 942. The monoisotopic (exact) mass is 399 g/mol. The van der Waals surface area contributed by atoms with Crippen molar-refractivity contribution in [3.05, 3.63) is 30.1 Å². The second-order valence-corrected chi connectivity index (χ2v) is 7.33. The molecule has 1 aliphatic rings. The summed E-state index contributed by atoms with van der Waals surface area (Å²) in [6.07, 6.45) is 4.67. The molecule has 0 saturated heterocycles. The topological polar surface area (TPSA) is 130 Å². The fraction of sp³-hybridized carbons (Fsp3) is 0.412. The molecule has 3 N–H and O–H groups in total. The Kier molecular flexibility index (Phi) is 5.51. The third kappa shape index (κ3) is 4.14. The van der Waals surface area contributed by atoms with Crippen LogP contribution in [0, 0.1) is 0 Å². The molecule has 2 heterocycles. The molecule has 0 spiro atoms. The van der Waals surface area contributed by atoms with Crippen LogP contribution in [-0.4, -0.2) is 42.3 Å². The molecule has 1 fully saturated rings. The summed E-state index contributed by atoms with van der Waals surface area (Å²) in [5, 5.41) is 16.0. The molecule has 11 heteroatoms. The third-order valence-corrected chi connectivity index (χ3v) is 5.45. The van der Waals surface area contributed by atoms with Crippen molar-refractivity contribution in [1.82, 2.24) is 35.2 Å². The van der Waals surface area contributed by atoms with Crippen LogP contribution in [0.4, 0.5) is 17.6 Å². The van der Waals surface area contributed by atoms with Crippen LogP contribution in [0.25, 0.3) is 0 Å². The number of anilines is 3. The van der Waals surface area contributed by atoms with E-state index in [0.29, 0.717) is 29.3 Å². The van der Waals surface area contributed by atoms with Crippen LogP contribution in [0.3, 0.4) is 0 Å². The number of ether oxygens (including phenoxy) is 1. The molecule has 0 amide bonds. The molecule has 0 atom stereocenters. The second-order valence-electron chi connectivity index (χ2n) is 6.39. The summed E-state index contributed by atoms with van der Waals surface area (Å²) in [7, 11) is 1.61. The average molecular weight is 399 g/mol. The summed E-state index contributed by atoms with van der Waals surface area (Å²) in [6, 6.07) is 7.90. The molecular weight excluding hydrogens is 378 g/mol. The first-order chi connectivity index (χ1) is 13.7. The predicted octanol–water partition coefficient (Wildman–Crippen LogP) is 2.60. The van der Waals surface area contributed by atoms with Gasteiger partial charge < -0.3 is 15.8 Å². The van der Waals surface area contributed by atoms with Crippen molar-refractivity contribution in [2.24, 2.45) is 0 Å². The molecule has 3 aromatic rings. The second kappa shape index (κ2) is 8.38. The molecule has 2 aromatic heterocycles. The molecule has 4 rings (SSSR count). The van der Waals surface area contributed by atoms with Crippen molar-refractivity contribution in [2.75, 3.05) is 18.2 Å². The van der Waals surface area contributed by atoms with Gasteiger partial charge in [0.15, 0.2) is 0 Å². The number of benzene rings is 1.